The van der Waals surface area contributed by atoms with E-state index in [2.05, 4.69) is 22.8 Å². The van der Waals surface area contributed by atoms with Crippen LogP contribution in [0.1, 0.15) is 5.56 Å². The second-order valence-corrected chi connectivity index (χ2v) is 8.51. The number of nitrogens with one attached hydrogen (secondary N) is 1. The number of quaternary nitrogens is 1. The number of benzene rings is 2. The van der Waals surface area contributed by atoms with Crippen LogP contribution in [0.15, 0.2) is 54.6 Å². The summed E-state index contributed by atoms with van der Waals surface area (Å²) in [7, 11) is -3.00. The molecule has 0 radical (unpaired) electrons. The zero-order chi connectivity index (χ0) is 16.3. The zero-order valence-corrected chi connectivity index (χ0v) is 14.2. The number of hydrogen-bond donors (Lipinski definition) is 2. The molecule has 1 saturated heterocycles. The fourth-order valence-electron chi connectivity index (χ4n) is 2.92. The number of sulfone groups is 1. The first-order valence-electron chi connectivity index (χ1n) is 7.62. The molecule has 0 unspecified atom stereocenters. The van der Waals surface area contributed by atoms with Crippen molar-refractivity contribution in [2.24, 2.45) is 0 Å². The van der Waals surface area contributed by atoms with Crippen molar-refractivity contribution < 1.29 is 13.7 Å². The summed E-state index contributed by atoms with van der Waals surface area (Å²) in [4.78, 5) is 0. The van der Waals surface area contributed by atoms with Gasteiger partial charge in [0.1, 0.15) is 18.3 Å². The molecule has 4 nitrogen and oxygen atoms in total. The molecule has 1 fully saturated rings. The van der Waals surface area contributed by atoms with Gasteiger partial charge >= 0.3 is 0 Å². The molecular formula is C17H20ClN2O2S+. The van der Waals surface area contributed by atoms with Crippen LogP contribution in [-0.2, 0) is 16.4 Å². The average molecular weight is 352 g/mol. The maximum Gasteiger partial charge on any atom is 0.158 e. The van der Waals surface area contributed by atoms with Crippen molar-refractivity contribution in [3.8, 4) is 0 Å². The summed E-state index contributed by atoms with van der Waals surface area (Å²) < 4.78 is 24.1. The first-order valence-corrected chi connectivity index (χ1v) is 9.81. The van der Waals surface area contributed by atoms with E-state index in [0.29, 0.717) is 5.02 Å². The Morgan fingerprint density at radius 3 is 2.43 bits per heavy atom. The third-order valence-electron chi connectivity index (χ3n) is 4.09. The van der Waals surface area contributed by atoms with Crippen LogP contribution in [0.25, 0.3) is 0 Å². The summed E-state index contributed by atoms with van der Waals surface area (Å²) in [5, 5.41) is 6.13. The summed E-state index contributed by atoms with van der Waals surface area (Å²) in [6.07, 6.45) is 0. The molecule has 122 valence electrons. The Labute approximate surface area is 141 Å². The van der Waals surface area contributed by atoms with Gasteiger partial charge in [-0.2, -0.15) is 0 Å². The van der Waals surface area contributed by atoms with E-state index in [-0.39, 0.29) is 23.6 Å². The van der Waals surface area contributed by atoms with Crippen molar-refractivity contribution >= 4 is 27.1 Å². The Morgan fingerprint density at radius 2 is 1.74 bits per heavy atom. The number of hydrogen-bond acceptors (Lipinski definition) is 3. The van der Waals surface area contributed by atoms with Gasteiger partial charge in [-0.1, -0.05) is 41.9 Å². The van der Waals surface area contributed by atoms with E-state index in [1.165, 1.54) is 5.56 Å². The Bertz CT molecular complexity index is 748. The van der Waals surface area contributed by atoms with Crippen LogP contribution < -0.4 is 10.6 Å². The van der Waals surface area contributed by atoms with Crippen LogP contribution in [-0.4, -0.2) is 32.0 Å². The molecule has 2 aromatic carbocycles. The van der Waals surface area contributed by atoms with Gasteiger partial charge in [-0.25, -0.2) is 8.42 Å². The molecule has 0 aliphatic carbocycles. The van der Waals surface area contributed by atoms with Gasteiger partial charge in [0.05, 0.1) is 11.8 Å². The van der Waals surface area contributed by atoms with E-state index in [9.17, 15) is 8.42 Å². The first-order chi connectivity index (χ1) is 11.0. The lowest BCUT2D eigenvalue weighted by Gasteiger charge is -2.19. The van der Waals surface area contributed by atoms with Crippen molar-refractivity contribution in [1.29, 1.82) is 0 Å². The monoisotopic (exact) mass is 351 g/mol. The molecule has 1 heterocycles. The molecule has 23 heavy (non-hydrogen) atoms. The molecule has 0 spiro atoms. The first kappa shape index (κ1) is 16.3. The molecule has 1 aliphatic rings. The van der Waals surface area contributed by atoms with Crippen LogP contribution in [0, 0.1) is 0 Å². The molecule has 0 aromatic heterocycles. The molecule has 0 saturated carbocycles. The van der Waals surface area contributed by atoms with E-state index >= 15 is 0 Å². The van der Waals surface area contributed by atoms with Gasteiger partial charge in [-0.15, -0.1) is 0 Å². The highest BCUT2D eigenvalue weighted by Crippen LogP contribution is 2.18. The second kappa shape index (κ2) is 6.91. The van der Waals surface area contributed by atoms with E-state index in [1.807, 2.05) is 30.3 Å². The van der Waals surface area contributed by atoms with Crippen LogP contribution in [0.2, 0.25) is 5.02 Å². The normalized spacial score (nSPS) is 22.8. The molecule has 0 amide bonds. The van der Waals surface area contributed by atoms with Gasteiger partial charge < -0.3 is 10.6 Å². The van der Waals surface area contributed by atoms with Crippen LogP contribution in [0.5, 0.6) is 0 Å². The van der Waals surface area contributed by atoms with E-state index in [0.717, 1.165) is 12.2 Å². The molecule has 3 rings (SSSR count). The Balaban J connectivity index is 1.68. The summed E-state index contributed by atoms with van der Waals surface area (Å²) >= 11 is 5.89. The average Bonchev–Trinajstić information content (AvgIpc) is 2.82. The minimum absolute atomic E-state index is 0.0101. The van der Waals surface area contributed by atoms with Crippen molar-refractivity contribution in [3.63, 3.8) is 0 Å². The van der Waals surface area contributed by atoms with Crippen molar-refractivity contribution in [3.05, 3.63) is 65.2 Å². The highest BCUT2D eigenvalue weighted by atomic mass is 35.5. The predicted molar refractivity (Wildman–Crippen MR) is 93.4 cm³/mol. The van der Waals surface area contributed by atoms with Gasteiger partial charge in [0, 0.05) is 16.3 Å². The Kier molecular flexibility index (Phi) is 4.90. The second-order valence-electron chi connectivity index (χ2n) is 5.92. The Morgan fingerprint density at radius 1 is 1.04 bits per heavy atom. The lowest BCUT2D eigenvalue weighted by molar-refractivity contribution is -0.700. The molecule has 0 bridgehead atoms. The van der Waals surface area contributed by atoms with E-state index in [4.69, 9.17) is 11.6 Å². The van der Waals surface area contributed by atoms with Crippen LogP contribution in [0.3, 0.4) is 0 Å². The molecule has 1 aliphatic heterocycles. The van der Waals surface area contributed by atoms with Gasteiger partial charge in [-0.3, -0.25) is 0 Å². The minimum Gasteiger partial charge on any atom is -0.376 e. The van der Waals surface area contributed by atoms with Gasteiger partial charge in [0.15, 0.2) is 9.84 Å². The summed E-state index contributed by atoms with van der Waals surface area (Å²) in [5.74, 6) is 0.386. The van der Waals surface area contributed by atoms with Gasteiger partial charge in [-0.05, 0) is 24.3 Å². The molecule has 2 aromatic rings. The quantitative estimate of drug-likeness (QED) is 0.861. The summed E-state index contributed by atoms with van der Waals surface area (Å²) in [6, 6.07) is 17.4. The van der Waals surface area contributed by atoms with E-state index in [1.54, 1.807) is 12.1 Å². The standard InChI is InChI=1S/C17H19ClN2O2S/c18-14-6-8-15(9-7-14)20-17-12-23(21,22)11-16(17)19-10-13-4-2-1-3-5-13/h1-9,16-17,19-20H,10-12H2/p+1/t16-,17+/m0/s1. The minimum atomic E-state index is -3.00. The SMILES string of the molecule is O=S1(=O)C[C@H]([NH2+]Cc2ccccc2)[C@H](Nc2ccc(Cl)cc2)C1. The highest BCUT2D eigenvalue weighted by molar-refractivity contribution is 7.91. The third-order valence-corrected chi connectivity index (χ3v) is 6.10. The predicted octanol–water partition coefficient (Wildman–Crippen LogP) is 1.68. The molecular weight excluding hydrogens is 332 g/mol. The largest absolute Gasteiger partial charge is 0.376 e. The van der Waals surface area contributed by atoms with Gasteiger partial charge in [0.25, 0.3) is 0 Å². The summed E-state index contributed by atoms with van der Waals surface area (Å²) in [5.41, 5.74) is 2.09. The van der Waals surface area contributed by atoms with Crippen molar-refractivity contribution in [2.45, 2.75) is 18.6 Å². The summed E-state index contributed by atoms with van der Waals surface area (Å²) in [6.45, 7) is 0.778. The van der Waals surface area contributed by atoms with Crippen molar-refractivity contribution in [1.82, 2.24) is 0 Å². The van der Waals surface area contributed by atoms with Crippen molar-refractivity contribution in [2.75, 3.05) is 16.8 Å². The smallest absolute Gasteiger partial charge is 0.158 e. The lowest BCUT2D eigenvalue weighted by atomic mass is 10.1. The number of nitrogens with two attached hydrogens (primary N) is 1. The third kappa shape index (κ3) is 4.47. The molecule has 6 heteroatoms. The number of rotatable bonds is 5. The molecule has 3 N–H and O–H groups in total. The number of halogens is 1. The lowest BCUT2D eigenvalue weighted by Crippen LogP contribution is -2.91. The Hall–Kier alpha value is -1.56. The molecule has 2 atom stereocenters. The van der Waals surface area contributed by atoms with Crippen LogP contribution >= 0.6 is 11.6 Å². The maximum absolute atomic E-state index is 12.0. The van der Waals surface area contributed by atoms with E-state index < -0.39 is 9.84 Å². The highest BCUT2D eigenvalue weighted by Gasteiger charge is 2.40. The van der Waals surface area contributed by atoms with Gasteiger partial charge in [0.2, 0.25) is 0 Å². The fraction of sp³-hybridized carbons (Fsp3) is 0.294. The topological polar surface area (TPSA) is 62.8 Å². The fourth-order valence-corrected chi connectivity index (χ4v) is 5.01. The number of anilines is 1. The van der Waals surface area contributed by atoms with Crippen LogP contribution in [0.4, 0.5) is 5.69 Å². The zero-order valence-electron chi connectivity index (χ0n) is 12.7. The maximum atomic E-state index is 12.0.